The van der Waals surface area contributed by atoms with E-state index >= 15 is 0 Å². The molecule has 2 aromatic rings. The van der Waals surface area contributed by atoms with E-state index in [4.69, 9.17) is 21.3 Å². The zero-order valence-electron chi connectivity index (χ0n) is 17.9. The van der Waals surface area contributed by atoms with E-state index in [0.717, 1.165) is 66.6 Å². The number of hydrogen-bond acceptors (Lipinski definition) is 4. The maximum absolute atomic E-state index is 13.4. The Kier molecular flexibility index (Phi) is 5.51. The molecule has 2 atom stereocenters. The molecule has 4 heterocycles. The molecule has 4 aliphatic rings. The van der Waals surface area contributed by atoms with Crippen LogP contribution in [0, 0.1) is 0 Å². The van der Waals surface area contributed by atoms with Gasteiger partial charge < -0.3 is 14.5 Å². The summed E-state index contributed by atoms with van der Waals surface area (Å²) in [5.74, 6) is 0.00817. The lowest BCUT2D eigenvalue weighted by molar-refractivity contribution is -0.0126. The number of amides is 2. The van der Waals surface area contributed by atoms with Crippen molar-refractivity contribution in [1.29, 1.82) is 0 Å². The van der Waals surface area contributed by atoms with Gasteiger partial charge in [0.1, 0.15) is 0 Å². The minimum absolute atomic E-state index is 0.00817. The first-order valence-electron chi connectivity index (χ1n) is 11.4. The Hall–Kier alpha value is -2.34. The van der Waals surface area contributed by atoms with E-state index in [1.807, 2.05) is 34.9 Å². The van der Waals surface area contributed by atoms with Gasteiger partial charge in [0.25, 0.3) is 5.91 Å². The zero-order chi connectivity index (χ0) is 21.5. The Morgan fingerprint density at radius 1 is 1.13 bits per heavy atom. The summed E-state index contributed by atoms with van der Waals surface area (Å²) in [6.07, 6.45) is 6.59. The normalized spacial score (nSPS) is 22.5. The molecule has 3 saturated heterocycles. The largest absolute Gasteiger partial charge is 0.449 e. The molecule has 0 N–H and O–H groups in total. The van der Waals surface area contributed by atoms with Gasteiger partial charge in [-0.05, 0) is 62.6 Å². The van der Waals surface area contributed by atoms with Crippen LogP contribution in [0.3, 0.4) is 0 Å². The van der Waals surface area contributed by atoms with Crippen molar-refractivity contribution in [3.8, 4) is 0 Å². The molecule has 6 nitrogen and oxygen atoms in total. The summed E-state index contributed by atoms with van der Waals surface area (Å²) < 4.78 is 5.33. The molecular formula is C24H28ClN3O3. The topological polar surface area (TPSA) is 62.7 Å². The van der Waals surface area contributed by atoms with Gasteiger partial charge in [0.05, 0.1) is 23.2 Å². The highest BCUT2D eigenvalue weighted by Gasteiger charge is 2.43. The molecule has 1 aromatic carbocycles. The molecule has 7 heteroatoms. The molecule has 2 unspecified atom stereocenters. The second-order valence-corrected chi connectivity index (χ2v) is 9.28. The van der Waals surface area contributed by atoms with Gasteiger partial charge in [0.2, 0.25) is 0 Å². The Morgan fingerprint density at radius 2 is 1.87 bits per heavy atom. The summed E-state index contributed by atoms with van der Waals surface area (Å²) in [4.78, 5) is 34.3. The van der Waals surface area contributed by atoms with Crippen molar-refractivity contribution in [2.45, 2.75) is 64.0 Å². The van der Waals surface area contributed by atoms with Gasteiger partial charge in [-0.25, -0.2) is 4.79 Å². The summed E-state index contributed by atoms with van der Waals surface area (Å²) in [5.41, 5.74) is 3.68. The van der Waals surface area contributed by atoms with E-state index < -0.39 is 0 Å². The predicted octanol–water partition coefficient (Wildman–Crippen LogP) is 4.60. The van der Waals surface area contributed by atoms with Crippen LogP contribution in [0.5, 0.6) is 0 Å². The smallest absolute Gasteiger partial charge is 0.410 e. The molecule has 2 amide bonds. The number of aromatic nitrogens is 1. The zero-order valence-corrected chi connectivity index (χ0v) is 18.7. The second-order valence-electron chi connectivity index (χ2n) is 8.90. The third-order valence-electron chi connectivity index (χ3n) is 6.89. The van der Waals surface area contributed by atoms with Crippen LogP contribution in [-0.2, 0) is 17.6 Å². The molecule has 2 bridgehead atoms. The van der Waals surface area contributed by atoms with Crippen molar-refractivity contribution in [2.75, 3.05) is 19.7 Å². The lowest BCUT2D eigenvalue weighted by Crippen LogP contribution is -2.65. The van der Waals surface area contributed by atoms with Crippen LogP contribution in [0.4, 0.5) is 4.79 Å². The SMILES string of the molecule is CCCOC(=O)N1CC2CCC1CN2C(=O)c1ccc2c(Cl)c3c(nc2c1)CCCC3. The van der Waals surface area contributed by atoms with Crippen LogP contribution in [0.1, 0.15) is 60.6 Å². The number of rotatable bonds is 3. The summed E-state index contributed by atoms with van der Waals surface area (Å²) in [6.45, 7) is 3.52. The highest BCUT2D eigenvalue weighted by molar-refractivity contribution is 6.36. The van der Waals surface area contributed by atoms with Gasteiger partial charge >= 0.3 is 6.09 Å². The van der Waals surface area contributed by atoms with Gasteiger partial charge in [0, 0.05) is 35.8 Å². The average molecular weight is 442 g/mol. The number of fused-ring (bicyclic) bond motifs is 5. The third-order valence-corrected chi connectivity index (χ3v) is 7.33. The first-order chi connectivity index (χ1) is 15.1. The van der Waals surface area contributed by atoms with Crippen LogP contribution < -0.4 is 0 Å². The number of piperazine rings is 1. The van der Waals surface area contributed by atoms with Gasteiger partial charge in [-0.15, -0.1) is 0 Å². The number of piperidine rings is 2. The van der Waals surface area contributed by atoms with E-state index in [9.17, 15) is 9.59 Å². The van der Waals surface area contributed by atoms with Gasteiger partial charge in [-0.2, -0.15) is 0 Å². The number of carbonyl (C=O) groups is 2. The van der Waals surface area contributed by atoms with Crippen molar-refractivity contribution in [1.82, 2.24) is 14.8 Å². The summed E-state index contributed by atoms with van der Waals surface area (Å²) in [7, 11) is 0. The first kappa shape index (κ1) is 20.6. The maximum Gasteiger partial charge on any atom is 0.410 e. The predicted molar refractivity (Wildman–Crippen MR) is 120 cm³/mol. The minimum atomic E-state index is -0.252. The average Bonchev–Trinajstić information content (AvgIpc) is 2.82. The molecule has 31 heavy (non-hydrogen) atoms. The van der Waals surface area contributed by atoms with Gasteiger partial charge in [0.15, 0.2) is 0 Å². The van der Waals surface area contributed by atoms with Crippen molar-refractivity contribution in [3.05, 3.63) is 40.0 Å². The second kappa shape index (κ2) is 8.30. The minimum Gasteiger partial charge on any atom is -0.449 e. The molecule has 3 fully saturated rings. The number of benzene rings is 1. The number of ether oxygens (including phenoxy) is 1. The number of hydrogen-bond donors (Lipinski definition) is 0. The fourth-order valence-corrected chi connectivity index (χ4v) is 5.60. The molecule has 0 saturated carbocycles. The summed E-state index contributed by atoms with van der Waals surface area (Å²) in [6, 6.07) is 5.74. The van der Waals surface area contributed by atoms with Gasteiger partial charge in [-0.3, -0.25) is 9.78 Å². The Balaban J connectivity index is 1.38. The van der Waals surface area contributed by atoms with E-state index in [0.29, 0.717) is 25.3 Å². The lowest BCUT2D eigenvalue weighted by atomic mass is 9.90. The van der Waals surface area contributed by atoms with Gasteiger partial charge in [-0.1, -0.05) is 24.6 Å². The van der Waals surface area contributed by atoms with Crippen LogP contribution in [0.2, 0.25) is 5.02 Å². The van der Waals surface area contributed by atoms with E-state index in [1.54, 1.807) is 0 Å². The number of carbonyl (C=O) groups excluding carboxylic acids is 2. The quantitative estimate of drug-likeness (QED) is 0.698. The number of pyridine rings is 1. The monoisotopic (exact) mass is 441 g/mol. The first-order valence-corrected chi connectivity index (χ1v) is 11.8. The van der Waals surface area contributed by atoms with Crippen molar-refractivity contribution >= 4 is 34.5 Å². The van der Waals surface area contributed by atoms with Crippen molar-refractivity contribution < 1.29 is 14.3 Å². The maximum atomic E-state index is 13.4. The fourth-order valence-electron chi connectivity index (χ4n) is 5.24. The molecular weight excluding hydrogens is 414 g/mol. The molecule has 3 aliphatic heterocycles. The van der Waals surface area contributed by atoms with E-state index in [1.165, 1.54) is 5.56 Å². The van der Waals surface area contributed by atoms with Crippen LogP contribution in [-0.4, -0.2) is 58.6 Å². The molecule has 6 rings (SSSR count). The molecule has 0 spiro atoms. The van der Waals surface area contributed by atoms with E-state index in [-0.39, 0.29) is 24.1 Å². The van der Waals surface area contributed by atoms with Crippen LogP contribution in [0.25, 0.3) is 10.9 Å². The fraction of sp³-hybridized carbons (Fsp3) is 0.542. The van der Waals surface area contributed by atoms with Crippen molar-refractivity contribution in [3.63, 3.8) is 0 Å². The molecule has 1 aromatic heterocycles. The molecule has 0 radical (unpaired) electrons. The van der Waals surface area contributed by atoms with Crippen LogP contribution >= 0.6 is 11.6 Å². The molecule has 164 valence electrons. The summed E-state index contributed by atoms with van der Waals surface area (Å²) >= 11 is 6.69. The highest BCUT2D eigenvalue weighted by atomic mass is 35.5. The van der Waals surface area contributed by atoms with E-state index in [2.05, 4.69) is 0 Å². The molecule has 1 aliphatic carbocycles. The van der Waals surface area contributed by atoms with Crippen LogP contribution in [0.15, 0.2) is 18.2 Å². The third kappa shape index (κ3) is 3.65. The number of nitrogens with zero attached hydrogens (tertiary/aromatic N) is 3. The number of aryl methyl sites for hydroxylation is 1. The lowest BCUT2D eigenvalue weighted by Gasteiger charge is -2.50. The number of halogens is 1. The standard InChI is InChI=1S/C24H28ClN3O3/c1-2-11-31-24(30)28-14-16-8-9-17(28)13-27(16)23(29)15-7-10-19-21(12-15)26-20-6-4-3-5-18(20)22(19)25/h7,10,12,16-17H,2-6,8-9,11,13-14H2,1H3. The Labute approximate surface area is 187 Å². The highest BCUT2D eigenvalue weighted by Crippen LogP contribution is 2.34. The van der Waals surface area contributed by atoms with Crippen molar-refractivity contribution in [2.24, 2.45) is 0 Å². The summed E-state index contributed by atoms with van der Waals surface area (Å²) in [5, 5.41) is 1.71. The Bertz CT molecular complexity index is 1040. The Morgan fingerprint density at radius 3 is 2.61 bits per heavy atom.